The summed E-state index contributed by atoms with van der Waals surface area (Å²) in [7, 11) is 0. The molecule has 0 aromatic heterocycles. The fourth-order valence-corrected chi connectivity index (χ4v) is 2.49. The van der Waals surface area contributed by atoms with E-state index >= 15 is 0 Å². The van der Waals surface area contributed by atoms with Crippen LogP contribution in [0.2, 0.25) is 0 Å². The van der Waals surface area contributed by atoms with Crippen molar-refractivity contribution in [3.63, 3.8) is 0 Å². The molecule has 1 aromatic carbocycles. The molecule has 0 aliphatic heterocycles. The maximum atomic E-state index is 11.0. The lowest BCUT2D eigenvalue weighted by atomic mass is 9.95. The van der Waals surface area contributed by atoms with Crippen LogP contribution in [0.15, 0.2) is 18.2 Å². The summed E-state index contributed by atoms with van der Waals surface area (Å²) in [6.07, 6.45) is 6.25. The summed E-state index contributed by atoms with van der Waals surface area (Å²) in [5.74, 6) is -0.852. The fraction of sp³-hybridized carbons (Fsp3) is 0.500. The van der Waals surface area contributed by atoms with Gasteiger partial charge in [-0.25, -0.2) is 4.79 Å². The van der Waals surface area contributed by atoms with Crippen LogP contribution in [-0.2, 0) is 0 Å². The molecule has 1 saturated carbocycles. The van der Waals surface area contributed by atoms with Crippen molar-refractivity contribution in [3.8, 4) is 0 Å². The van der Waals surface area contributed by atoms with Gasteiger partial charge in [-0.2, -0.15) is 0 Å². The SMILES string of the molecule is Cc1c(NC2CCCCC2)cccc1C(=O)O. The van der Waals surface area contributed by atoms with Crippen LogP contribution in [0.3, 0.4) is 0 Å². The molecule has 92 valence electrons. The molecule has 1 fully saturated rings. The van der Waals surface area contributed by atoms with Crippen molar-refractivity contribution in [2.75, 3.05) is 5.32 Å². The van der Waals surface area contributed by atoms with Crippen LogP contribution < -0.4 is 5.32 Å². The van der Waals surface area contributed by atoms with Crippen LogP contribution in [0, 0.1) is 6.92 Å². The van der Waals surface area contributed by atoms with Gasteiger partial charge >= 0.3 is 5.97 Å². The molecule has 3 nitrogen and oxygen atoms in total. The molecule has 2 N–H and O–H groups in total. The van der Waals surface area contributed by atoms with E-state index in [0.29, 0.717) is 11.6 Å². The highest BCUT2D eigenvalue weighted by atomic mass is 16.4. The standard InChI is InChI=1S/C14H19NO2/c1-10-12(14(16)17)8-5-9-13(10)15-11-6-3-2-4-7-11/h5,8-9,11,15H,2-4,6-7H2,1H3,(H,16,17). The highest BCUT2D eigenvalue weighted by Gasteiger charge is 2.15. The van der Waals surface area contributed by atoms with Gasteiger partial charge in [-0.1, -0.05) is 25.3 Å². The first kappa shape index (κ1) is 12.0. The second-order valence-corrected chi connectivity index (χ2v) is 4.76. The largest absolute Gasteiger partial charge is 0.478 e. The monoisotopic (exact) mass is 233 g/mol. The molecule has 0 atom stereocenters. The molecule has 2 rings (SSSR count). The van der Waals surface area contributed by atoms with Crippen LogP contribution in [-0.4, -0.2) is 17.1 Å². The van der Waals surface area contributed by atoms with Gasteiger partial charge in [-0.15, -0.1) is 0 Å². The molecule has 0 unspecified atom stereocenters. The lowest BCUT2D eigenvalue weighted by Crippen LogP contribution is -2.23. The smallest absolute Gasteiger partial charge is 0.336 e. The van der Waals surface area contributed by atoms with Crippen molar-refractivity contribution in [2.24, 2.45) is 0 Å². The van der Waals surface area contributed by atoms with Gasteiger partial charge in [0.25, 0.3) is 0 Å². The minimum Gasteiger partial charge on any atom is -0.478 e. The number of hydrogen-bond donors (Lipinski definition) is 2. The van der Waals surface area contributed by atoms with Crippen molar-refractivity contribution in [1.82, 2.24) is 0 Å². The van der Waals surface area contributed by atoms with Crippen LogP contribution in [0.4, 0.5) is 5.69 Å². The maximum Gasteiger partial charge on any atom is 0.336 e. The number of rotatable bonds is 3. The molecule has 1 aromatic rings. The van der Waals surface area contributed by atoms with E-state index in [-0.39, 0.29) is 0 Å². The first-order valence-corrected chi connectivity index (χ1v) is 6.28. The molecule has 1 aliphatic rings. The molecule has 1 aliphatic carbocycles. The third-order valence-electron chi connectivity index (χ3n) is 3.53. The van der Waals surface area contributed by atoms with Gasteiger partial charge in [-0.05, 0) is 37.5 Å². The Balaban J connectivity index is 2.15. The minimum absolute atomic E-state index is 0.394. The third-order valence-corrected chi connectivity index (χ3v) is 3.53. The highest BCUT2D eigenvalue weighted by molar-refractivity contribution is 5.91. The summed E-state index contributed by atoms with van der Waals surface area (Å²) in [6, 6.07) is 5.94. The Morgan fingerprint density at radius 1 is 1.29 bits per heavy atom. The number of carbonyl (C=O) groups is 1. The molecule has 17 heavy (non-hydrogen) atoms. The van der Waals surface area contributed by atoms with Gasteiger partial charge in [0.05, 0.1) is 5.56 Å². The topological polar surface area (TPSA) is 49.3 Å². The number of carboxylic acid groups (broad SMARTS) is 1. The third kappa shape index (κ3) is 2.78. The normalized spacial score (nSPS) is 16.8. The van der Waals surface area contributed by atoms with Gasteiger partial charge in [0.15, 0.2) is 0 Å². The first-order valence-electron chi connectivity index (χ1n) is 6.28. The number of nitrogens with one attached hydrogen (secondary N) is 1. The number of hydrogen-bond acceptors (Lipinski definition) is 2. The summed E-state index contributed by atoms with van der Waals surface area (Å²) in [4.78, 5) is 11.0. The fourth-order valence-electron chi connectivity index (χ4n) is 2.49. The van der Waals surface area contributed by atoms with E-state index in [2.05, 4.69) is 5.32 Å². The Kier molecular flexibility index (Phi) is 3.67. The zero-order valence-corrected chi connectivity index (χ0v) is 10.2. The summed E-state index contributed by atoms with van der Waals surface area (Å²) < 4.78 is 0. The van der Waals surface area contributed by atoms with E-state index in [1.54, 1.807) is 6.07 Å². The summed E-state index contributed by atoms with van der Waals surface area (Å²) in [5.41, 5.74) is 2.20. The molecule has 0 amide bonds. The molecule has 3 heteroatoms. The Morgan fingerprint density at radius 3 is 2.65 bits per heavy atom. The molecule has 0 spiro atoms. The van der Waals surface area contributed by atoms with Gasteiger partial charge in [0, 0.05) is 11.7 Å². The van der Waals surface area contributed by atoms with Crippen LogP contribution in [0.1, 0.15) is 48.0 Å². The van der Waals surface area contributed by atoms with Gasteiger partial charge in [0.1, 0.15) is 0 Å². The molecule has 0 heterocycles. The van der Waals surface area contributed by atoms with E-state index in [4.69, 9.17) is 5.11 Å². The van der Waals surface area contributed by atoms with Crippen LogP contribution in [0.25, 0.3) is 0 Å². The molecular formula is C14H19NO2. The average molecular weight is 233 g/mol. The predicted molar refractivity (Wildman–Crippen MR) is 68.6 cm³/mol. The molecule has 0 saturated heterocycles. The number of carboxylic acids is 1. The predicted octanol–water partition coefficient (Wildman–Crippen LogP) is 3.44. The second kappa shape index (κ2) is 5.21. The van der Waals surface area contributed by atoms with Crippen molar-refractivity contribution >= 4 is 11.7 Å². The van der Waals surface area contributed by atoms with Crippen LogP contribution in [0.5, 0.6) is 0 Å². The summed E-state index contributed by atoms with van der Waals surface area (Å²) >= 11 is 0. The number of benzene rings is 1. The Bertz CT molecular complexity index is 409. The van der Waals surface area contributed by atoms with Gasteiger partial charge in [-0.3, -0.25) is 0 Å². The first-order chi connectivity index (χ1) is 8.18. The molecule has 0 radical (unpaired) electrons. The van der Waals surface area contributed by atoms with Crippen molar-refractivity contribution in [3.05, 3.63) is 29.3 Å². The van der Waals surface area contributed by atoms with Gasteiger partial charge in [0.2, 0.25) is 0 Å². The molecule has 0 bridgehead atoms. The minimum atomic E-state index is -0.852. The van der Waals surface area contributed by atoms with E-state index in [0.717, 1.165) is 11.3 Å². The van der Waals surface area contributed by atoms with Gasteiger partial charge < -0.3 is 10.4 Å². The summed E-state index contributed by atoms with van der Waals surface area (Å²) in [6.45, 7) is 1.87. The number of anilines is 1. The van der Waals surface area contributed by atoms with Crippen molar-refractivity contribution in [2.45, 2.75) is 45.1 Å². The zero-order chi connectivity index (χ0) is 12.3. The Hall–Kier alpha value is -1.51. The van der Waals surface area contributed by atoms with Crippen molar-refractivity contribution < 1.29 is 9.90 Å². The van der Waals surface area contributed by atoms with E-state index in [1.807, 2.05) is 19.1 Å². The summed E-state index contributed by atoms with van der Waals surface area (Å²) in [5, 5.41) is 12.5. The lowest BCUT2D eigenvalue weighted by molar-refractivity contribution is 0.0696. The highest BCUT2D eigenvalue weighted by Crippen LogP contribution is 2.25. The number of aromatic carboxylic acids is 1. The quantitative estimate of drug-likeness (QED) is 0.840. The van der Waals surface area contributed by atoms with E-state index < -0.39 is 5.97 Å². The average Bonchev–Trinajstić information content (AvgIpc) is 2.33. The maximum absolute atomic E-state index is 11.0. The second-order valence-electron chi connectivity index (χ2n) is 4.76. The van der Waals surface area contributed by atoms with Crippen LogP contribution >= 0.6 is 0 Å². The lowest BCUT2D eigenvalue weighted by Gasteiger charge is -2.25. The van der Waals surface area contributed by atoms with E-state index in [1.165, 1.54) is 32.1 Å². The van der Waals surface area contributed by atoms with E-state index in [9.17, 15) is 4.79 Å². The molecular weight excluding hydrogens is 214 g/mol. The van der Waals surface area contributed by atoms with Crippen molar-refractivity contribution in [1.29, 1.82) is 0 Å². The zero-order valence-electron chi connectivity index (χ0n) is 10.2. The Morgan fingerprint density at radius 2 is 2.00 bits per heavy atom. The Labute approximate surface area is 102 Å².